The Kier molecular flexibility index (Phi) is 4.92. The molecule has 0 saturated carbocycles. The molecule has 2 nitrogen and oxygen atoms in total. The predicted molar refractivity (Wildman–Crippen MR) is 64.0 cm³/mol. The third-order valence-corrected chi connectivity index (χ3v) is 2.79. The van der Waals surface area contributed by atoms with E-state index in [2.05, 4.69) is 5.32 Å². The van der Waals surface area contributed by atoms with Gasteiger partial charge in [-0.05, 0) is 44.0 Å². The molecule has 0 spiro atoms. The molecule has 0 fully saturated rings. The van der Waals surface area contributed by atoms with Crippen molar-refractivity contribution in [3.63, 3.8) is 0 Å². The quantitative estimate of drug-likeness (QED) is 0.812. The minimum Gasteiger partial charge on any atom is -0.396 e. The van der Waals surface area contributed by atoms with E-state index in [4.69, 9.17) is 5.11 Å². The smallest absolute Gasteiger partial charge is 0.396 e. The molecule has 0 bridgehead atoms. The van der Waals surface area contributed by atoms with Crippen LogP contribution in [-0.4, -0.2) is 17.3 Å². The van der Waals surface area contributed by atoms with Crippen molar-refractivity contribution in [3.05, 3.63) is 35.1 Å². The second kappa shape index (κ2) is 5.88. The highest BCUT2D eigenvalue weighted by Crippen LogP contribution is 2.30. The second-order valence-corrected chi connectivity index (χ2v) is 5.06. The zero-order valence-corrected chi connectivity index (χ0v) is 10.8. The molecule has 6 heteroatoms. The SMILES string of the molecule is CC(C)(CCO)NCc1cc(F)cc(C(F)(F)F)c1. The van der Waals surface area contributed by atoms with Gasteiger partial charge in [0, 0.05) is 18.7 Å². The largest absolute Gasteiger partial charge is 0.416 e. The maximum Gasteiger partial charge on any atom is 0.416 e. The molecule has 0 aliphatic rings. The lowest BCUT2D eigenvalue weighted by molar-refractivity contribution is -0.137. The van der Waals surface area contributed by atoms with Gasteiger partial charge in [0.05, 0.1) is 5.56 Å². The van der Waals surface area contributed by atoms with Crippen LogP contribution in [0.25, 0.3) is 0 Å². The molecule has 108 valence electrons. The Morgan fingerprint density at radius 1 is 1.16 bits per heavy atom. The fourth-order valence-electron chi connectivity index (χ4n) is 1.63. The molecule has 19 heavy (non-hydrogen) atoms. The number of benzene rings is 1. The summed E-state index contributed by atoms with van der Waals surface area (Å²) in [5.74, 6) is -0.911. The minimum absolute atomic E-state index is 0.0308. The molecule has 0 unspecified atom stereocenters. The Balaban J connectivity index is 2.82. The van der Waals surface area contributed by atoms with Gasteiger partial charge in [-0.25, -0.2) is 4.39 Å². The van der Waals surface area contributed by atoms with Gasteiger partial charge in [-0.1, -0.05) is 0 Å². The molecule has 1 rings (SSSR count). The molecule has 1 aromatic rings. The van der Waals surface area contributed by atoms with Crippen LogP contribution in [0.1, 0.15) is 31.4 Å². The van der Waals surface area contributed by atoms with Gasteiger partial charge in [0.25, 0.3) is 0 Å². The van der Waals surface area contributed by atoms with E-state index in [1.165, 1.54) is 0 Å². The van der Waals surface area contributed by atoms with E-state index in [0.29, 0.717) is 12.5 Å². The summed E-state index contributed by atoms with van der Waals surface area (Å²) in [4.78, 5) is 0. The molecule has 0 radical (unpaired) electrons. The lowest BCUT2D eigenvalue weighted by atomic mass is 10.0. The Bertz CT molecular complexity index is 429. The Morgan fingerprint density at radius 3 is 2.32 bits per heavy atom. The van der Waals surface area contributed by atoms with Crippen LogP contribution in [0.4, 0.5) is 17.6 Å². The van der Waals surface area contributed by atoms with Crippen molar-refractivity contribution >= 4 is 0 Å². The topological polar surface area (TPSA) is 32.3 Å². The standard InChI is InChI=1S/C13H17F4NO/c1-12(2,3-4-19)18-8-9-5-10(13(15,16)17)7-11(14)6-9/h5-7,18-19H,3-4,8H2,1-2H3. The van der Waals surface area contributed by atoms with E-state index >= 15 is 0 Å². The summed E-state index contributed by atoms with van der Waals surface area (Å²) in [7, 11) is 0. The molecular formula is C13H17F4NO. The van der Waals surface area contributed by atoms with Crippen molar-refractivity contribution in [2.45, 2.75) is 38.5 Å². The van der Waals surface area contributed by atoms with Crippen LogP contribution in [-0.2, 0) is 12.7 Å². The number of halogens is 4. The first-order chi connectivity index (χ1) is 8.64. The van der Waals surface area contributed by atoms with Crippen molar-refractivity contribution in [1.82, 2.24) is 5.32 Å². The number of aliphatic hydroxyl groups is 1. The number of nitrogens with one attached hydrogen (secondary N) is 1. The maximum absolute atomic E-state index is 13.2. The molecule has 0 atom stereocenters. The monoisotopic (exact) mass is 279 g/mol. The van der Waals surface area contributed by atoms with Crippen LogP contribution in [0.2, 0.25) is 0 Å². The fourth-order valence-corrected chi connectivity index (χ4v) is 1.63. The minimum atomic E-state index is -4.56. The third kappa shape index (κ3) is 5.16. The Hall–Kier alpha value is -1.14. The zero-order valence-electron chi connectivity index (χ0n) is 10.8. The van der Waals surface area contributed by atoms with E-state index in [1.54, 1.807) is 0 Å². The Labute approximate surface area is 109 Å². The highest BCUT2D eigenvalue weighted by molar-refractivity contribution is 5.26. The number of hydrogen-bond acceptors (Lipinski definition) is 2. The van der Waals surface area contributed by atoms with Crippen LogP contribution in [0, 0.1) is 5.82 Å². The normalized spacial score (nSPS) is 12.8. The van der Waals surface area contributed by atoms with Gasteiger partial charge in [0.15, 0.2) is 0 Å². The van der Waals surface area contributed by atoms with E-state index in [-0.39, 0.29) is 18.7 Å². The third-order valence-electron chi connectivity index (χ3n) is 2.79. The number of alkyl halides is 3. The van der Waals surface area contributed by atoms with Crippen molar-refractivity contribution in [3.8, 4) is 0 Å². The zero-order chi connectivity index (χ0) is 14.7. The summed E-state index contributed by atoms with van der Waals surface area (Å²) in [6, 6.07) is 2.46. The molecule has 0 aliphatic carbocycles. The predicted octanol–water partition coefficient (Wildman–Crippen LogP) is 3.10. The maximum atomic E-state index is 13.2. The average molecular weight is 279 g/mol. The summed E-state index contributed by atoms with van der Waals surface area (Å²) in [5, 5.41) is 11.8. The van der Waals surface area contributed by atoms with Crippen molar-refractivity contribution in [2.75, 3.05) is 6.61 Å². The highest BCUT2D eigenvalue weighted by Gasteiger charge is 2.31. The molecule has 0 saturated heterocycles. The summed E-state index contributed by atoms with van der Waals surface area (Å²) >= 11 is 0. The van der Waals surface area contributed by atoms with Gasteiger partial charge in [-0.3, -0.25) is 0 Å². The Morgan fingerprint density at radius 2 is 1.79 bits per heavy atom. The van der Waals surface area contributed by atoms with E-state index in [0.717, 1.165) is 12.1 Å². The summed E-state index contributed by atoms with van der Waals surface area (Å²) in [6.45, 7) is 3.70. The van der Waals surface area contributed by atoms with Crippen LogP contribution >= 0.6 is 0 Å². The van der Waals surface area contributed by atoms with Crippen LogP contribution in [0.3, 0.4) is 0 Å². The van der Waals surface area contributed by atoms with Crippen molar-refractivity contribution < 1.29 is 22.7 Å². The molecule has 2 N–H and O–H groups in total. The lowest BCUT2D eigenvalue weighted by Crippen LogP contribution is -2.39. The number of aliphatic hydroxyl groups excluding tert-OH is 1. The summed E-state index contributed by atoms with van der Waals surface area (Å²) in [5.41, 5.74) is -1.21. The van der Waals surface area contributed by atoms with Crippen LogP contribution in [0.5, 0.6) is 0 Å². The summed E-state index contributed by atoms with van der Waals surface area (Å²) < 4.78 is 50.7. The molecule has 0 heterocycles. The fraction of sp³-hybridized carbons (Fsp3) is 0.538. The van der Waals surface area contributed by atoms with Crippen molar-refractivity contribution in [1.29, 1.82) is 0 Å². The van der Waals surface area contributed by atoms with Gasteiger partial charge in [0.1, 0.15) is 5.82 Å². The van der Waals surface area contributed by atoms with Gasteiger partial charge >= 0.3 is 6.18 Å². The second-order valence-electron chi connectivity index (χ2n) is 5.06. The number of rotatable bonds is 5. The first-order valence-electron chi connectivity index (χ1n) is 5.86. The van der Waals surface area contributed by atoms with Gasteiger partial charge in [0.2, 0.25) is 0 Å². The van der Waals surface area contributed by atoms with E-state index in [1.807, 2.05) is 13.8 Å². The van der Waals surface area contributed by atoms with E-state index < -0.39 is 23.1 Å². The van der Waals surface area contributed by atoms with E-state index in [9.17, 15) is 17.6 Å². The van der Waals surface area contributed by atoms with Gasteiger partial charge < -0.3 is 10.4 Å². The molecule has 0 aliphatic heterocycles. The molecule has 1 aromatic carbocycles. The first-order valence-corrected chi connectivity index (χ1v) is 5.86. The molecular weight excluding hydrogens is 262 g/mol. The van der Waals surface area contributed by atoms with Crippen molar-refractivity contribution in [2.24, 2.45) is 0 Å². The lowest BCUT2D eigenvalue weighted by Gasteiger charge is -2.25. The first kappa shape index (κ1) is 15.9. The van der Waals surface area contributed by atoms with Crippen LogP contribution in [0.15, 0.2) is 18.2 Å². The van der Waals surface area contributed by atoms with Crippen LogP contribution < -0.4 is 5.32 Å². The average Bonchev–Trinajstić information content (AvgIpc) is 2.24. The highest BCUT2D eigenvalue weighted by atomic mass is 19.4. The van der Waals surface area contributed by atoms with Gasteiger partial charge in [-0.15, -0.1) is 0 Å². The summed E-state index contributed by atoms with van der Waals surface area (Å²) in [6.07, 6.45) is -4.11. The number of hydrogen-bond donors (Lipinski definition) is 2. The molecule has 0 amide bonds. The van der Waals surface area contributed by atoms with Gasteiger partial charge in [-0.2, -0.15) is 13.2 Å². The molecule has 0 aromatic heterocycles.